The zero-order chi connectivity index (χ0) is 28.4. The van der Waals surface area contributed by atoms with Crippen LogP contribution in [0, 0.1) is 5.92 Å². The number of carbonyl (C=O) groups is 1. The van der Waals surface area contributed by atoms with Gasteiger partial charge in [-0.05, 0) is 77.6 Å². The summed E-state index contributed by atoms with van der Waals surface area (Å²) < 4.78 is 72.8. The van der Waals surface area contributed by atoms with Gasteiger partial charge in [-0.3, -0.25) is 0 Å². The molecule has 3 saturated heterocycles. The second-order valence-electron chi connectivity index (χ2n) is 11.7. The Bertz CT molecular complexity index is 1100. The quantitative estimate of drug-likeness (QED) is 0.512. The SMILES string of the molecule is CC(C)(C)OC(=O)N1CCC(CCN2CCC(S(=O)(=O)N3CCN(c4cc(C(F)(F)F)ccn4)CC3)C2)CC1. The summed E-state index contributed by atoms with van der Waals surface area (Å²) in [5.41, 5.74) is -1.27. The molecule has 0 bridgehead atoms. The summed E-state index contributed by atoms with van der Waals surface area (Å²) in [6.07, 6.45) is -0.195. The van der Waals surface area contributed by atoms with Crippen LogP contribution in [0.5, 0.6) is 0 Å². The molecule has 3 aliphatic rings. The monoisotopic (exact) mass is 575 g/mol. The first-order valence-electron chi connectivity index (χ1n) is 13.7. The van der Waals surface area contributed by atoms with Gasteiger partial charge in [0.1, 0.15) is 11.4 Å². The molecule has 1 unspecified atom stereocenters. The van der Waals surface area contributed by atoms with E-state index < -0.39 is 32.6 Å². The van der Waals surface area contributed by atoms with Crippen LogP contribution in [0.3, 0.4) is 0 Å². The van der Waals surface area contributed by atoms with Gasteiger partial charge >= 0.3 is 12.3 Å². The maximum absolute atomic E-state index is 13.3. The zero-order valence-electron chi connectivity index (χ0n) is 23.0. The number of nitrogens with zero attached hydrogens (tertiary/aromatic N) is 5. The molecule has 3 fully saturated rings. The van der Waals surface area contributed by atoms with Crippen molar-refractivity contribution in [2.45, 2.75) is 63.5 Å². The predicted molar refractivity (Wildman–Crippen MR) is 142 cm³/mol. The lowest BCUT2D eigenvalue weighted by molar-refractivity contribution is -0.137. The Hall–Kier alpha value is -2.12. The van der Waals surface area contributed by atoms with E-state index in [-0.39, 0.29) is 25.0 Å². The van der Waals surface area contributed by atoms with E-state index in [9.17, 15) is 26.4 Å². The van der Waals surface area contributed by atoms with Crippen LogP contribution in [0.2, 0.25) is 0 Å². The van der Waals surface area contributed by atoms with Crippen molar-refractivity contribution in [3.05, 3.63) is 23.9 Å². The standard InChI is InChI=1S/C26H40F3N5O4S/c1-25(2,3)38-24(35)33-12-6-20(7-13-33)5-10-31-11-8-22(19-31)39(36,37)34-16-14-32(15-17-34)23-18-21(4-9-30-23)26(27,28)29/h4,9,18,20,22H,5-8,10-17,19H2,1-3H3. The number of hydrogen-bond acceptors (Lipinski definition) is 7. The van der Waals surface area contributed by atoms with E-state index in [0.717, 1.165) is 50.7 Å². The third-order valence-corrected chi connectivity index (χ3v) is 10.1. The van der Waals surface area contributed by atoms with E-state index in [1.54, 1.807) is 9.80 Å². The molecule has 0 spiro atoms. The fraction of sp³-hybridized carbons (Fsp3) is 0.769. The van der Waals surface area contributed by atoms with Crippen molar-refractivity contribution in [1.82, 2.24) is 19.1 Å². The Morgan fingerprint density at radius 3 is 2.31 bits per heavy atom. The van der Waals surface area contributed by atoms with Crippen LogP contribution >= 0.6 is 0 Å². The summed E-state index contributed by atoms with van der Waals surface area (Å²) in [7, 11) is -3.50. The second-order valence-corrected chi connectivity index (χ2v) is 14.0. The first kappa shape index (κ1) is 29.9. The average Bonchev–Trinajstić information content (AvgIpc) is 3.37. The first-order chi connectivity index (χ1) is 18.2. The van der Waals surface area contributed by atoms with Crippen LogP contribution in [-0.4, -0.2) is 103 Å². The molecule has 1 atom stereocenters. The van der Waals surface area contributed by atoms with Crippen molar-refractivity contribution >= 4 is 21.9 Å². The van der Waals surface area contributed by atoms with Gasteiger partial charge < -0.3 is 19.4 Å². The van der Waals surface area contributed by atoms with E-state index in [1.165, 1.54) is 4.31 Å². The molecule has 220 valence electrons. The molecular weight excluding hydrogens is 535 g/mol. The largest absolute Gasteiger partial charge is 0.444 e. The molecule has 4 heterocycles. The number of halogens is 3. The molecule has 1 aromatic heterocycles. The van der Waals surface area contributed by atoms with Crippen molar-refractivity contribution in [3.8, 4) is 0 Å². The van der Waals surface area contributed by atoms with E-state index in [2.05, 4.69) is 9.88 Å². The van der Waals surface area contributed by atoms with Crippen LogP contribution < -0.4 is 4.90 Å². The summed E-state index contributed by atoms with van der Waals surface area (Å²) in [6, 6.07) is 1.95. The number of amides is 1. The molecule has 1 aromatic rings. The summed E-state index contributed by atoms with van der Waals surface area (Å²) in [5.74, 6) is 0.711. The summed E-state index contributed by atoms with van der Waals surface area (Å²) in [5, 5.41) is -0.468. The third kappa shape index (κ3) is 7.75. The van der Waals surface area contributed by atoms with Gasteiger partial charge in [0.05, 0.1) is 10.8 Å². The number of hydrogen-bond donors (Lipinski definition) is 0. The number of aromatic nitrogens is 1. The Labute approximate surface area is 229 Å². The van der Waals surface area contributed by atoms with Crippen molar-refractivity contribution < 1.29 is 31.1 Å². The number of ether oxygens (including phenoxy) is 1. The van der Waals surface area contributed by atoms with Gasteiger partial charge in [-0.1, -0.05) is 0 Å². The molecule has 1 amide bonds. The van der Waals surface area contributed by atoms with Crippen LogP contribution in [-0.2, 0) is 20.9 Å². The van der Waals surface area contributed by atoms with Gasteiger partial charge in [0, 0.05) is 52.0 Å². The molecule has 0 aliphatic carbocycles. The highest BCUT2D eigenvalue weighted by molar-refractivity contribution is 7.89. The van der Waals surface area contributed by atoms with Gasteiger partial charge in [-0.15, -0.1) is 0 Å². The summed E-state index contributed by atoms with van der Waals surface area (Å²) in [4.78, 5) is 22.0. The molecule has 3 aliphatic heterocycles. The lowest BCUT2D eigenvalue weighted by Gasteiger charge is -2.36. The molecular formula is C26H40F3N5O4S. The molecule has 39 heavy (non-hydrogen) atoms. The molecule has 0 aromatic carbocycles. The van der Waals surface area contributed by atoms with Crippen molar-refractivity contribution in [3.63, 3.8) is 0 Å². The van der Waals surface area contributed by atoms with Crippen LogP contribution in [0.4, 0.5) is 23.8 Å². The normalized spacial score (nSPS) is 22.9. The van der Waals surface area contributed by atoms with Gasteiger partial charge in [-0.2, -0.15) is 17.5 Å². The Morgan fingerprint density at radius 1 is 1.03 bits per heavy atom. The minimum absolute atomic E-state index is 0.214. The number of anilines is 1. The predicted octanol–water partition coefficient (Wildman–Crippen LogP) is 3.66. The second kappa shape index (κ2) is 11.8. The van der Waals surface area contributed by atoms with Crippen LogP contribution in [0.15, 0.2) is 18.3 Å². The molecule has 9 nitrogen and oxygen atoms in total. The molecule has 0 radical (unpaired) electrons. The number of likely N-dealkylation sites (tertiary alicyclic amines) is 2. The van der Waals surface area contributed by atoms with Crippen LogP contribution in [0.25, 0.3) is 0 Å². The molecule has 4 rings (SSSR count). The van der Waals surface area contributed by atoms with Crippen molar-refractivity contribution in [2.75, 3.05) is 63.8 Å². The topological polar surface area (TPSA) is 86.3 Å². The number of pyridine rings is 1. The number of rotatable bonds is 6. The van der Waals surface area contributed by atoms with E-state index in [0.29, 0.717) is 45.1 Å². The minimum Gasteiger partial charge on any atom is -0.444 e. The lowest BCUT2D eigenvalue weighted by Crippen LogP contribution is -2.51. The Balaban J connectivity index is 1.20. The smallest absolute Gasteiger partial charge is 0.416 e. The maximum Gasteiger partial charge on any atom is 0.416 e. The van der Waals surface area contributed by atoms with Gasteiger partial charge in [0.2, 0.25) is 10.0 Å². The minimum atomic E-state index is -4.45. The number of alkyl halides is 3. The lowest BCUT2D eigenvalue weighted by atomic mass is 9.93. The van der Waals surface area contributed by atoms with Crippen LogP contribution in [0.1, 0.15) is 52.0 Å². The molecule has 0 N–H and O–H groups in total. The number of piperidine rings is 1. The highest BCUT2D eigenvalue weighted by Crippen LogP contribution is 2.31. The fourth-order valence-corrected chi connectivity index (χ4v) is 7.39. The average molecular weight is 576 g/mol. The highest BCUT2D eigenvalue weighted by atomic mass is 32.2. The van der Waals surface area contributed by atoms with E-state index >= 15 is 0 Å². The van der Waals surface area contributed by atoms with Gasteiger partial charge in [0.25, 0.3) is 0 Å². The number of piperazine rings is 1. The Morgan fingerprint density at radius 2 is 1.69 bits per heavy atom. The maximum atomic E-state index is 13.3. The highest BCUT2D eigenvalue weighted by Gasteiger charge is 2.39. The Kier molecular flexibility index (Phi) is 9.02. The van der Waals surface area contributed by atoms with E-state index in [4.69, 9.17) is 4.74 Å². The zero-order valence-corrected chi connectivity index (χ0v) is 23.8. The van der Waals surface area contributed by atoms with Crippen molar-refractivity contribution in [2.24, 2.45) is 5.92 Å². The van der Waals surface area contributed by atoms with Crippen molar-refractivity contribution in [1.29, 1.82) is 0 Å². The molecule has 0 saturated carbocycles. The molecule has 13 heteroatoms. The summed E-state index contributed by atoms with van der Waals surface area (Å²) in [6.45, 7) is 10.1. The first-order valence-corrected chi connectivity index (χ1v) is 15.2. The fourth-order valence-electron chi connectivity index (χ4n) is 5.49. The number of sulfonamides is 1. The van der Waals surface area contributed by atoms with Gasteiger partial charge in [0.15, 0.2) is 0 Å². The number of carbonyl (C=O) groups excluding carboxylic acids is 1. The summed E-state index contributed by atoms with van der Waals surface area (Å²) >= 11 is 0. The van der Waals surface area contributed by atoms with Gasteiger partial charge in [-0.25, -0.2) is 18.2 Å². The van der Waals surface area contributed by atoms with E-state index in [1.807, 2.05) is 20.8 Å². The third-order valence-electron chi connectivity index (χ3n) is 7.77.